The lowest BCUT2D eigenvalue weighted by Crippen LogP contribution is -2.15. The molecule has 0 atom stereocenters. The van der Waals surface area contributed by atoms with Crippen molar-refractivity contribution in [2.75, 3.05) is 11.1 Å². The Morgan fingerprint density at radius 2 is 1.71 bits per heavy atom. The highest BCUT2D eigenvalue weighted by molar-refractivity contribution is 9.10. The topological polar surface area (TPSA) is 54.9 Å². The third-order valence-corrected chi connectivity index (χ3v) is 4.90. The van der Waals surface area contributed by atoms with E-state index < -0.39 is 11.9 Å². The highest BCUT2D eigenvalue weighted by atomic mass is 79.9. The molecule has 4 nitrogen and oxygen atoms in total. The van der Waals surface area contributed by atoms with Gasteiger partial charge in [-0.3, -0.25) is 4.79 Å². The number of carbonyl (C=O) groups is 1. The molecule has 1 N–H and O–H groups in total. The van der Waals surface area contributed by atoms with Gasteiger partial charge in [-0.1, -0.05) is 58.0 Å². The molecule has 28 heavy (non-hydrogen) atoms. The summed E-state index contributed by atoms with van der Waals surface area (Å²) in [7, 11) is 0. The van der Waals surface area contributed by atoms with Crippen LogP contribution >= 0.6 is 27.7 Å². The number of benzene rings is 2. The van der Waals surface area contributed by atoms with E-state index in [2.05, 4.69) is 31.2 Å². The van der Waals surface area contributed by atoms with E-state index >= 15 is 0 Å². The zero-order valence-corrected chi connectivity index (χ0v) is 16.6. The molecule has 0 aliphatic heterocycles. The molecule has 3 aromatic rings. The maximum atomic E-state index is 13.2. The van der Waals surface area contributed by atoms with E-state index in [1.807, 2.05) is 0 Å². The van der Waals surface area contributed by atoms with E-state index in [1.165, 1.54) is 0 Å². The highest BCUT2D eigenvalue weighted by Gasteiger charge is 2.33. The molecule has 0 radical (unpaired) electrons. The normalized spacial score (nSPS) is 11.3. The molecule has 1 amide bonds. The minimum absolute atomic E-state index is 0.111. The van der Waals surface area contributed by atoms with Gasteiger partial charge in [0.15, 0.2) is 5.16 Å². The molecule has 0 unspecified atom stereocenters. The molecule has 0 bridgehead atoms. The number of halogens is 4. The molecule has 0 saturated heterocycles. The minimum Gasteiger partial charge on any atom is -0.325 e. The highest BCUT2D eigenvalue weighted by Crippen LogP contribution is 2.32. The van der Waals surface area contributed by atoms with Crippen LogP contribution in [-0.2, 0) is 11.0 Å². The van der Waals surface area contributed by atoms with Gasteiger partial charge in [-0.05, 0) is 30.3 Å². The summed E-state index contributed by atoms with van der Waals surface area (Å²) in [6.45, 7) is 0. The first kappa shape index (κ1) is 20.3. The van der Waals surface area contributed by atoms with Crippen LogP contribution in [0.25, 0.3) is 11.3 Å². The van der Waals surface area contributed by atoms with Crippen molar-refractivity contribution in [1.29, 1.82) is 0 Å². The van der Waals surface area contributed by atoms with Crippen molar-refractivity contribution in [3.63, 3.8) is 0 Å². The Bertz CT molecular complexity index is 966. The number of carbonyl (C=O) groups excluding carboxylic acids is 1. The quantitative estimate of drug-likeness (QED) is 0.388. The van der Waals surface area contributed by atoms with E-state index in [-0.39, 0.29) is 22.5 Å². The third kappa shape index (κ3) is 5.56. The number of thioether (sulfide) groups is 1. The molecule has 3 rings (SSSR count). The molecular weight excluding hydrogens is 455 g/mol. The molecular formula is C19H13BrF3N3OS. The monoisotopic (exact) mass is 467 g/mol. The van der Waals surface area contributed by atoms with Crippen LogP contribution in [0.15, 0.2) is 70.3 Å². The number of anilines is 1. The maximum Gasteiger partial charge on any atom is 0.433 e. The van der Waals surface area contributed by atoms with Crippen molar-refractivity contribution in [3.8, 4) is 11.3 Å². The van der Waals surface area contributed by atoms with Crippen LogP contribution in [0.5, 0.6) is 0 Å². The fourth-order valence-electron chi connectivity index (χ4n) is 2.25. The summed E-state index contributed by atoms with van der Waals surface area (Å²) in [6, 6.07) is 16.4. The van der Waals surface area contributed by atoms with Crippen molar-refractivity contribution in [3.05, 3.63) is 70.8 Å². The minimum atomic E-state index is -4.61. The zero-order valence-electron chi connectivity index (χ0n) is 14.2. The van der Waals surface area contributed by atoms with Crippen molar-refractivity contribution in [2.24, 2.45) is 0 Å². The molecule has 9 heteroatoms. The number of nitrogens with one attached hydrogen (secondary N) is 1. The number of hydrogen-bond acceptors (Lipinski definition) is 4. The molecule has 144 valence electrons. The van der Waals surface area contributed by atoms with E-state index in [0.29, 0.717) is 11.3 Å². The number of rotatable bonds is 5. The van der Waals surface area contributed by atoms with Crippen LogP contribution < -0.4 is 5.32 Å². The van der Waals surface area contributed by atoms with Crippen LogP contribution in [0.1, 0.15) is 5.69 Å². The third-order valence-electron chi connectivity index (χ3n) is 3.53. The summed E-state index contributed by atoms with van der Waals surface area (Å²) < 4.78 is 40.5. The Morgan fingerprint density at radius 3 is 2.36 bits per heavy atom. The SMILES string of the molecule is O=C(CSc1nc(-c2ccccc2)cc(C(F)(F)F)n1)Nc1ccc(Br)cc1. The van der Waals surface area contributed by atoms with Crippen molar-refractivity contribution in [1.82, 2.24) is 9.97 Å². The van der Waals surface area contributed by atoms with Gasteiger partial charge in [0.2, 0.25) is 5.91 Å². The van der Waals surface area contributed by atoms with Crippen LogP contribution in [-0.4, -0.2) is 21.6 Å². The fourth-order valence-corrected chi connectivity index (χ4v) is 3.17. The summed E-state index contributed by atoms with van der Waals surface area (Å²) in [6.07, 6.45) is -4.61. The average molecular weight is 468 g/mol. The van der Waals surface area contributed by atoms with Crippen molar-refractivity contribution >= 4 is 39.3 Å². The largest absolute Gasteiger partial charge is 0.433 e. The van der Waals surface area contributed by atoms with Gasteiger partial charge < -0.3 is 5.32 Å². The molecule has 0 fully saturated rings. The first-order valence-corrected chi connectivity index (χ1v) is 9.79. The van der Waals surface area contributed by atoms with Gasteiger partial charge in [-0.25, -0.2) is 9.97 Å². The molecule has 2 aromatic carbocycles. The Morgan fingerprint density at radius 1 is 1.04 bits per heavy atom. The van der Waals surface area contributed by atoms with E-state index in [4.69, 9.17) is 0 Å². The number of aromatic nitrogens is 2. The molecule has 1 aromatic heterocycles. The second kappa shape index (κ2) is 8.74. The Balaban J connectivity index is 1.77. The molecule has 0 saturated carbocycles. The van der Waals surface area contributed by atoms with Crippen molar-refractivity contribution < 1.29 is 18.0 Å². The summed E-state index contributed by atoms with van der Waals surface area (Å²) in [5.41, 5.74) is 0.233. The van der Waals surface area contributed by atoms with Gasteiger partial charge in [0.05, 0.1) is 11.4 Å². The Hall–Kier alpha value is -2.39. The maximum absolute atomic E-state index is 13.2. The number of nitrogens with zero attached hydrogens (tertiary/aromatic N) is 2. The first-order valence-electron chi connectivity index (χ1n) is 8.01. The molecule has 1 heterocycles. The van der Waals surface area contributed by atoms with Gasteiger partial charge >= 0.3 is 6.18 Å². The lowest BCUT2D eigenvalue weighted by molar-refractivity contribution is -0.141. The van der Waals surface area contributed by atoms with E-state index in [9.17, 15) is 18.0 Å². The van der Waals surface area contributed by atoms with Gasteiger partial charge in [-0.2, -0.15) is 13.2 Å². The van der Waals surface area contributed by atoms with Crippen molar-refractivity contribution in [2.45, 2.75) is 11.3 Å². The lowest BCUT2D eigenvalue weighted by Gasteiger charge is -2.10. The summed E-state index contributed by atoms with van der Waals surface area (Å²) >= 11 is 4.14. The first-order chi connectivity index (χ1) is 13.3. The summed E-state index contributed by atoms with van der Waals surface area (Å²) in [5.74, 6) is -0.486. The van der Waals surface area contributed by atoms with E-state index in [0.717, 1.165) is 22.3 Å². The zero-order chi connectivity index (χ0) is 20.1. The van der Waals surface area contributed by atoms with E-state index in [1.54, 1.807) is 54.6 Å². The summed E-state index contributed by atoms with van der Waals surface area (Å²) in [4.78, 5) is 19.8. The van der Waals surface area contributed by atoms with Crippen LogP contribution in [0.4, 0.5) is 18.9 Å². The van der Waals surface area contributed by atoms with Crippen LogP contribution in [0.2, 0.25) is 0 Å². The second-order valence-electron chi connectivity index (χ2n) is 5.63. The number of hydrogen-bond donors (Lipinski definition) is 1. The standard InChI is InChI=1S/C19H13BrF3N3OS/c20-13-6-8-14(9-7-13)24-17(27)11-28-18-25-15(12-4-2-1-3-5-12)10-16(26-18)19(21,22)23/h1-10H,11H2,(H,24,27). The van der Waals surface area contributed by atoms with Gasteiger partial charge in [0.25, 0.3) is 0 Å². The predicted octanol–water partition coefficient (Wildman–Crippen LogP) is 5.66. The van der Waals surface area contributed by atoms with Crippen LogP contribution in [0, 0.1) is 0 Å². The number of amides is 1. The smallest absolute Gasteiger partial charge is 0.325 e. The second-order valence-corrected chi connectivity index (χ2v) is 7.49. The van der Waals surface area contributed by atoms with Gasteiger partial charge in [0, 0.05) is 15.7 Å². The molecule has 0 spiro atoms. The Kier molecular flexibility index (Phi) is 6.35. The fraction of sp³-hybridized carbons (Fsp3) is 0.105. The van der Waals surface area contributed by atoms with Gasteiger partial charge in [-0.15, -0.1) is 0 Å². The van der Waals surface area contributed by atoms with Gasteiger partial charge in [0.1, 0.15) is 5.69 Å². The summed E-state index contributed by atoms with van der Waals surface area (Å²) in [5, 5.41) is 2.56. The molecule has 0 aliphatic carbocycles. The molecule has 0 aliphatic rings. The predicted molar refractivity (Wildman–Crippen MR) is 106 cm³/mol. The number of alkyl halides is 3. The Labute approximate surface area is 171 Å². The van der Waals surface area contributed by atoms with Crippen LogP contribution in [0.3, 0.4) is 0 Å². The lowest BCUT2D eigenvalue weighted by atomic mass is 10.1. The average Bonchev–Trinajstić information content (AvgIpc) is 2.68.